The van der Waals surface area contributed by atoms with E-state index in [-0.39, 0.29) is 12.2 Å². The van der Waals surface area contributed by atoms with Crippen molar-refractivity contribution in [1.82, 2.24) is 14.3 Å². The molecule has 0 saturated carbocycles. The maximum atomic E-state index is 13.3. The molecule has 2 N–H and O–H groups in total. The molecule has 1 aliphatic rings. The van der Waals surface area contributed by atoms with Crippen LogP contribution >= 0.6 is 0 Å². The van der Waals surface area contributed by atoms with Crippen molar-refractivity contribution in [2.45, 2.75) is 38.8 Å². The first-order valence-electron chi connectivity index (χ1n) is 10.1. The topological polar surface area (TPSA) is 98.0 Å². The van der Waals surface area contributed by atoms with Gasteiger partial charge in [0.2, 0.25) is 5.91 Å². The molecule has 0 unspecified atom stereocenters. The van der Waals surface area contributed by atoms with Gasteiger partial charge in [-0.1, -0.05) is 18.6 Å². The molecule has 9 heteroatoms. The molecule has 31 heavy (non-hydrogen) atoms. The first-order valence-corrected chi connectivity index (χ1v) is 10.1. The highest BCUT2D eigenvalue weighted by atomic mass is 19.1. The number of rotatable bonds is 5. The summed E-state index contributed by atoms with van der Waals surface area (Å²) in [5, 5.41) is 9.60. The number of aryl methyl sites for hydroxylation is 1. The van der Waals surface area contributed by atoms with E-state index in [1.54, 1.807) is 28.8 Å². The molecule has 4 rings (SSSR count). The van der Waals surface area contributed by atoms with Crippen molar-refractivity contribution < 1.29 is 14.0 Å². The molecular formula is C22H22FN5O3. The van der Waals surface area contributed by atoms with Crippen molar-refractivity contribution in [3.05, 3.63) is 76.2 Å². The minimum atomic E-state index is -0.453. The number of halogens is 1. The fourth-order valence-electron chi connectivity index (χ4n) is 3.57. The van der Waals surface area contributed by atoms with Crippen LogP contribution in [0.5, 0.6) is 0 Å². The van der Waals surface area contributed by atoms with Gasteiger partial charge in [0.15, 0.2) is 0 Å². The highest BCUT2D eigenvalue weighted by molar-refractivity contribution is 6.05. The molecule has 0 bridgehead atoms. The third kappa shape index (κ3) is 4.88. The van der Waals surface area contributed by atoms with E-state index in [9.17, 15) is 18.8 Å². The average Bonchev–Trinajstić information content (AvgIpc) is 2.90. The van der Waals surface area contributed by atoms with Gasteiger partial charge in [-0.15, -0.1) is 0 Å². The highest BCUT2D eigenvalue weighted by Crippen LogP contribution is 2.15. The number of amides is 2. The van der Waals surface area contributed by atoms with Crippen LogP contribution in [0.15, 0.2) is 53.3 Å². The summed E-state index contributed by atoms with van der Waals surface area (Å²) < 4.78 is 16.1. The summed E-state index contributed by atoms with van der Waals surface area (Å²) in [6.45, 7) is 0.413. The number of nitrogens with zero attached hydrogens (tertiary/aromatic N) is 3. The number of fused-ring (bicyclic) bond motifs is 1. The molecule has 2 aromatic carbocycles. The Balaban J connectivity index is 1.42. The second kappa shape index (κ2) is 8.95. The average molecular weight is 423 g/mol. The van der Waals surface area contributed by atoms with Crippen LogP contribution < -0.4 is 16.3 Å². The van der Waals surface area contributed by atoms with Crippen LogP contribution in [0.25, 0.3) is 0 Å². The lowest BCUT2D eigenvalue weighted by atomic mass is 10.2. The Morgan fingerprint density at radius 1 is 1.00 bits per heavy atom. The smallest absolute Gasteiger partial charge is 0.324 e. The van der Waals surface area contributed by atoms with E-state index < -0.39 is 17.6 Å². The zero-order chi connectivity index (χ0) is 21.8. The minimum absolute atomic E-state index is 0.210. The Kier molecular flexibility index (Phi) is 5.92. The van der Waals surface area contributed by atoms with Gasteiger partial charge in [-0.25, -0.2) is 13.9 Å². The summed E-state index contributed by atoms with van der Waals surface area (Å²) >= 11 is 0. The molecule has 0 spiro atoms. The van der Waals surface area contributed by atoms with Gasteiger partial charge in [0, 0.05) is 29.9 Å². The Bertz CT molecular complexity index is 1180. The number of benzene rings is 2. The van der Waals surface area contributed by atoms with E-state index in [2.05, 4.69) is 15.7 Å². The van der Waals surface area contributed by atoms with Gasteiger partial charge < -0.3 is 10.6 Å². The predicted octanol–water partition coefficient (Wildman–Crippen LogP) is 2.80. The van der Waals surface area contributed by atoms with Crippen LogP contribution in [0.3, 0.4) is 0 Å². The van der Waals surface area contributed by atoms with Crippen molar-refractivity contribution >= 4 is 23.2 Å². The minimum Gasteiger partial charge on any atom is -0.324 e. The summed E-state index contributed by atoms with van der Waals surface area (Å²) in [6.07, 6.45) is 3.70. The fraction of sp³-hybridized carbons (Fsp3) is 0.273. The quantitative estimate of drug-likeness (QED) is 0.659. The van der Waals surface area contributed by atoms with Crippen molar-refractivity contribution in [2.24, 2.45) is 0 Å². The molecule has 0 fully saturated rings. The number of carbonyl (C=O) groups excluding carboxylic acids is 2. The van der Waals surface area contributed by atoms with E-state index in [0.29, 0.717) is 29.3 Å². The van der Waals surface area contributed by atoms with Crippen LogP contribution in [0, 0.1) is 5.82 Å². The van der Waals surface area contributed by atoms with Gasteiger partial charge in [-0.05, 0) is 49.2 Å². The molecular weight excluding hydrogens is 401 g/mol. The Labute approximate surface area is 177 Å². The van der Waals surface area contributed by atoms with Crippen molar-refractivity contribution in [2.75, 3.05) is 10.6 Å². The number of anilines is 2. The number of aromatic nitrogens is 3. The molecule has 0 aliphatic carbocycles. The molecule has 8 nitrogen and oxygen atoms in total. The number of hydrogen-bond donors (Lipinski definition) is 2. The van der Waals surface area contributed by atoms with Gasteiger partial charge >= 0.3 is 5.69 Å². The zero-order valence-corrected chi connectivity index (χ0v) is 16.8. The maximum Gasteiger partial charge on any atom is 0.346 e. The van der Waals surface area contributed by atoms with Crippen LogP contribution in [-0.4, -0.2) is 26.2 Å². The molecule has 0 saturated heterocycles. The standard InChI is InChI=1S/C22H22FN5O3/c23-16-7-5-9-18(13-16)25-21(30)15-6-4-8-17(12-15)24-20(29)14-28-22(31)27-11-3-1-2-10-19(27)26-28/h4-9,12-13H,1-3,10-11,14H2,(H,24,29)(H,25,30). The summed E-state index contributed by atoms with van der Waals surface area (Å²) in [4.78, 5) is 37.4. The Morgan fingerprint density at radius 2 is 1.77 bits per heavy atom. The summed E-state index contributed by atoms with van der Waals surface area (Å²) in [5.41, 5.74) is 0.757. The van der Waals surface area contributed by atoms with Gasteiger partial charge in [0.1, 0.15) is 18.2 Å². The molecule has 0 radical (unpaired) electrons. The molecule has 3 aromatic rings. The van der Waals surface area contributed by atoms with E-state index >= 15 is 0 Å². The lowest BCUT2D eigenvalue weighted by molar-refractivity contribution is -0.117. The molecule has 0 atom stereocenters. The lowest BCUT2D eigenvalue weighted by Crippen LogP contribution is -2.30. The van der Waals surface area contributed by atoms with Gasteiger partial charge in [-0.3, -0.25) is 14.2 Å². The van der Waals surface area contributed by atoms with Gasteiger partial charge in [0.05, 0.1) is 0 Å². The Hall–Kier alpha value is -3.75. The first-order chi connectivity index (χ1) is 15.0. The SMILES string of the molecule is O=C(Cn1nc2n(c1=O)CCCCC2)Nc1cccc(C(=O)Nc2cccc(F)c2)c1. The normalized spacial score (nSPS) is 13.2. The lowest BCUT2D eigenvalue weighted by Gasteiger charge is -2.08. The third-order valence-electron chi connectivity index (χ3n) is 5.07. The van der Waals surface area contributed by atoms with Crippen molar-refractivity contribution in [3.8, 4) is 0 Å². The van der Waals surface area contributed by atoms with Gasteiger partial charge in [0.25, 0.3) is 5.91 Å². The Morgan fingerprint density at radius 3 is 2.58 bits per heavy atom. The van der Waals surface area contributed by atoms with E-state index in [1.807, 2.05) is 0 Å². The monoisotopic (exact) mass is 423 g/mol. The second-order valence-corrected chi connectivity index (χ2v) is 7.41. The van der Waals surface area contributed by atoms with Crippen molar-refractivity contribution in [1.29, 1.82) is 0 Å². The molecule has 2 heterocycles. The summed E-state index contributed by atoms with van der Waals surface area (Å²) in [5.74, 6) is -0.592. The predicted molar refractivity (Wildman–Crippen MR) is 113 cm³/mol. The van der Waals surface area contributed by atoms with Crippen LogP contribution in [0.4, 0.5) is 15.8 Å². The van der Waals surface area contributed by atoms with E-state index in [0.717, 1.165) is 25.7 Å². The largest absolute Gasteiger partial charge is 0.346 e. The molecule has 1 aromatic heterocycles. The molecule has 160 valence electrons. The number of hydrogen-bond acceptors (Lipinski definition) is 4. The van der Waals surface area contributed by atoms with Crippen molar-refractivity contribution in [3.63, 3.8) is 0 Å². The van der Waals surface area contributed by atoms with Gasteiger partial charge in [-0.2, -0.15) is 5.10 Å². The second-order valence-electron chi connectivity index (χ2n) is 7.41. The molecule has 1 aliphatic heterocycles. The van der Waals surface area contributed by atoms with Crippen LogP contribution in [0.1, 0.15) is 35.4 Å². The first kappa shape index (κ1) is 20.5. The zero-order valence-electron chi connectivity index (χ0n) is 16.8. The maximum absolute atomic E-state index is 13.3. The van der Waals surface area contributed by atoms with Crippen LogP contribution in [0.2, 0.25) is 0 Å². The summed E-state index contributed by atoms with van der Waals surface area (Å²) in [7, 11) is 0. The number of carbonyl (C=O) groups is 2. The number of nitrogens with one attached hydrogen (secondary N) is 2. The summed E-state index contributed by atoms with van der Waals surface area (Å²) in [6, 6.07) is 11.9. The highest BCUT2D eigenvalue weighted by Gasteiger charge is 2.17. The fourth-order valence-corrected chi connectivity index (χ4v) is 3.57. The van der Waals surface area contributed by atoms with Crippen LogP contribution in [-0.2, 0) is 24.3 Å². The molecule has 2 amide bonds. The van der Waals surface area contributed by atoms with E-state index in [4.69, 9.17) is 0 Å². The third-order valence-corrected chi connectivity index (χ3v) is 5.07. The van der Waals surface area contributed by atoms with E-state index in [1.165, 1.54) is 28.9 Å².